The number of likely N-dealkylation sites (N-methyl/N-ethyl adjacent to an activating group) is 2. The lowest BCUT2D eigenvalue weighted by Gasteiger charge is -2.35. The van der Waals surface area contributed by atoms with E-state index in [-0.39, 0.29) is 16.4 Å². The van der Waals surface area contributed by atoms with Crippen LogP contribution in [0.15, 0.2) is 74.1 Å². The van der Waals surface area contributed by atoms with Gasteiger partial charge < -0.3 is 24.5 Å². The molecule has 0 aliphatic carbocycles. The van der Waals surface area contributed by atoms with Crippen molar-refractivity contribution in [1.29, 1.82) is 0 Å². The van der Waals surface area contributed by atoms with Gasteiger partial charge in [0.2, 0.25) is 11.1 Å². The van der Waals surface area contributed by atoms with Crippen LogP contribution in [0.5, 0.6) is 0 Å². The molecular weight excluding hydrogens is 1020 g/mol. The van der Waals surface area contributed by atoms with Crippen LogP contribution in [0, 0.1) is 25.5 Å². The van der Waals surface area contributed by atoms with Crippen LogP contribution in [-0.4, -0.2) is 147 Å². The van der Waals surface area contributed by atoms with Gasteiger partial charge in [0.15, 0.2) is 11.6 Å². The molecule has 0 bridgehead atoms. The molecule has 0 radical (unpaired) electrons. The third kappa shape index (κ3) is 11.9. The number of nitrogens with zero attached hydrogens (tertiary/aromatic N) is 11. The minimum Gasteiger partial charge on any atom is -0.356 e. The highest BCUT2D eigenvalue weighted by Gasteiger charge is 2.28. The average Bonchev–Trinajstić information content (AvgIpc) is 4.09. The number of fused-ring (bicyclic) bond motifs is 4. The van der Waals surface area contributed by atoms with Crippen molar-refractivity contribution in [2.24, 2.45) is 0 Å². The van der Waals surface area contributed by atoms with E-state index in [0.29, 0.717) is 94.5 Å². The van der Waals surface area contributed by atoms with Crippen molar-refractivity contribution in [1.82, 2.24) is 55.0 Å². The summed E-state index contributed by atoms with van der Waals surface area (Å²) in [6, 6.07) is 11.4. The Labute approximate surface area is 449 Å². The third-order valence-corrected chi connectivity index (χ3v) is 14.2. The number of amides is 1. The second-order valence-electron chi connectivity index (χ2n) is 19.2. The van der Waals surface area contributed by atoms with E-state index in [1.165, 1.54) is 12.5 Å². The fourth-order valence-corrected chi connectivity index (χ4v) is 10.1. The van der Waals surface area contributed by atoms with Crippen molar-refractivity contribution in [2.75, 3.05) is 90.3 Å². The lowest BCUT2D eigenvalue weighted by molar-refractivity contribution is -0.126. The van der Waals surface area contributed by atoms with E-state index in [4.69, 9.17) is 49.8 Å². The number of H-pyrrole nitrogens is 2. The Morgan fingerprint density at radius 2 is 1.05 bits per heavy atom. The second kappa shape index (κ2) is 23.9. The lowest BCUT2D eigenvalue weighted by Crippen LogP contribution is -2.48. The monoisotopic (exact) mass is 1080 g/mol. The maximum atomic E-state index is 16.5. The Bertz CT molecular complexity index is 3440. The molecule has 4 aromatic carbocycles. The van der Waals surface area contributed by atoms with Gasteiger partial charge in [0.1, 0.15) is 34.3 Å². The number of hydrogen-bond donors (Lipinski definition) is 2. The summed E-state index contributed by atoms with van der Waals surface area (Å²) in [5.41, 5.74) is 6.16. The lowest BCUT2D eigenvalue weighted by atomic mass is 9.95. The number of hydrogen-bond acceptors (Lipinski definition) is 12. The molecule has 0 unspecified atom stereocenters. The van der Waals surface area contributed by atoms with Gasteiger partial charge in [0.25, 0.3) is 0 Å². The first kappa shape index (κ1) is 54.6. The number of rotatable bonds is 12. The largest absolute Gasteiger partial charge is 0.356 e. The Kier molecular flexibility index (Phi) is 17.4. The summed E-state index contributed by atoms with van der Waals surface area (Å²) in [6.45, 7) is 16.1. The van der Waals surface area contributed by atoms with E-state index in [2.05, 4.69) is 53.2 Å². The average molecular weight is 1080 g/mol. The normalized spacial score (nSPS) is 13.9. The molecule has 2 aliphatic heterocycles. The highest BCUT2D eigenvalue weighted by molar-refractivity contribution is 6.66. The van der Waals surface area contributed by atoms with Crippen molar-refractivity contribution < 1.29 is 18.4 Å². The van der Waals surface area contributed by atoms with Crippen LogP contribution in [0.2, 0.25) is 10.0 Å². The summed E-state index contributed by atoms with van der Waals surface area (Å²) in [4.78, 5) is 50.9. The number of aryl methyl sites for hydroxylation is 2. The first-order chi connectivity index (χ1) is 36.0. The van der Waals surface area contributed by atoms with Crippen molar-refractivity contribution in [3.8, 4) is 22.3 Å². The van der Waals surface area contributed by atoms with Gasteiger partial charge in [-0.1, -0.05) is 48.5 Å². The summed E-state index contributed by atoms with van der Waals surface area (Å²) < 4.78 is 32.8. The van der Waals surface area contributed by atoms with Gasteiger partial charge in [-0.15, -0.1) is 0 Å². The molecule has 15 nitrogen and oxygen atoms in total. The summed E-state index contributed by atoms with van der Waals surface area (Å²) in [5.74, 6) is 1.67. The third-order valence-electron chi connectivity index (χ3n) is 13.4. The Morgan fingerprint density at radius 1 is 0.627 bits per heavy atom. The number of benzene rings is 4. The molecule has 20 heteroatoms. The molecule has 2 saturated heterocycles. The van der Waals surface area contributed by atoms with Gasteiger partial charge in [-0.3, -0.25) is 19.8 Å². The fourth-order valence-electron chi connectivity index (χ4n) is 9.55. The predicted octanol–water partition coefficient (Wildman–Crippen LogP) is 10.5. The van der Waals surface area contributed by atoms with Gasteiger partial charge in [0.05, 0.1) is 33.5 Å². The van der Waals surface area contributed by atoms with Crippen molar-refractivity contribution >= 4 is 101 Å². The van der Waals surface area contributed by atoms with Gasteiger partial charge in [-0.25, -0.2) is 28.7 Å². The Balaban J connectivity index is 0.000000184. The zero-order valence-corrected chi connectivity index (χ0v) is 45.3. The van der Waals surface area contributed by atoms with E-state index in [1.54, 1.807) is 23.4 Å². The van der Waals surface area contributed by atoms with Crippen LogP contribution in [0.3, 0.4) is 0 Å². The highest BCUT2D eigenvalue weighted by Crippen LogP contribution is 2.44. The van der Waals surface area contributed by atoms with Crippen LogP contribution in [0.1, 0.15) is 42.0 Å². The first-order valence-corrected chi connectivity index (χ1v) is 25.9. The number of piperidine rings is 1. The SMILES string of the molecule is C=CC(=O)Cl.C=CC(=O)N1CCN(c2nc(CCN(C)C)nc3c(F)c(-c4c(C)ccc5[nH]ncc45)c(Cl)cc23)CC1.Cc1ccc2[nH]ncc2c1-c1c(Cl)cc2c(N3CCCCC3)nc(CCN(C)C)nc2c1F. The molecule has 2 fully saturated rings. The van der Waals surface area contributed by atoms with Crippen molar-refractivity contribution in [3.05, 3.63) is 119 Å². The van der Waals surface area contributed by atoms with Crippen LogP contribution in [0.4, 0.5) is 20.4 Å². The molecule has 392 valence electrons. The molecule has 4 aromatic heterocycles. The molecule has 0 atom stereocenters. The zero-order chi connectivity index (χ0) is 53.7. The number of piperazine rings is 1. The van der Waals surface area contributed by atoms with E-state index in [1.807, 2.05) is 77.3 Å². The number of halogens is 5. The standard InChI is InChI=1S/C27H29ClFN7O.C25H28ClFN6.C3H3ClO/c1-5-22(37)35-10-12-36(13-11-35)27-17-14-19(28)24(23-16(2)6-7-20-18(23)15-30-33-20)25(29)26(17)31-21(32-27)8-9-34(3)4;1-15-7-8-19-17(14-28-31-19)21(15)22-18(26)13-16-24(23(22)27)29-20(9-12-32(2)3)30-25(16)33-10-5-4-6-11-33;1-2-3(4)5/h5-7,14-15H,1,8-13H2,2-4H3,(H,30,33);7-8,13-14H,4-6,9-12H2,1-3H3,(H,28,31);2H,1H2. The summed E-state index contributed by atoms with van der Waals surface area (Å²) in [5, 5.41) is 17.2. The fraction of sp³-hybridized carbons (Fsp3) is 0.345. The molecule has 8 aromatic rings. The molecule has 10 rings (SSSR count). The molecule has 6 heterocycles. The molecule has 1 amide bonds. The van der Waals surface area contributed by atoms with Crippen molar-refractivity contribution in [2.45, 2.75) is 46.0 Å². The second-order valence-corrected chi connectivity index (χ2v) is 20.4. The van der Waals surface area contributed by atoms with Gasteiger partial charge in [-0.05, 0) is 120 Å². The zero-order valence-electron chi connectivity index (χ0n) is 43.0. The van der Waals surface area contributed by atoms with Gasteiger partial charge >= 0.3 is 0 Å². The summed E-state index contributed by atoms with van der Waals surface area (Å²) in [6.07, 6.45) is 10.4. The summed E-state index contributed by atoms with van der Waals surface area (Å²) >= 11 is 18.3. The highest BCUT2D eigenvalue weighted by atomic mass is 35.5. The molecule has 2 aliphatic rings. The predicted molar refractivity (Wildman–Crippen MR) is 299 cm³/mol. The molecular formula is C55H60Cl3F2N13O2. The quantitative estimate of drug-likeness (QED) is 0.0882. The van der Waals surface area contributed by atoms with Gasteiger partial charge in [-0.2, -0.15) is 10.2 Å². The maximum absolute atomic E-state index is 16.5. The molecule has 0 spiro atoms. The smallest absolute Gasteiger partial charge is 0.246 e. The maximum Gasteiger partial charge on any atom is 0.246 e. The van der Waals surface area contributed by atoms with Crippen LogP contribution in [0.25, 0.3) is 65.9 Å². The van der Waals surface area contributed by atoms with Crippen molar-refractivity contribution in [3.63, 3.8) is 0 Å². The number of aromatic nitrogens is 8. The number of anilines is 2. The number of carbonyl (C=O) groups excluding carboxylic acids is 2. The number of allylic oxidation sites excluding steroid dienone is 1. The van der Waals surface area contributed by atoms with Crippen LogP contribution < -0.4 is 9.80 Å². The minimum absolute atomic E-state index is 0.0959. The number of nitrogens with one attached hydrogen (secondary N) is 2. The Hall–Kier alpha value is -6.63. The topological polar surface area (TPSA) is 159 Å². The number of aromatic amines is 2. The van der Waals surface area contributed by atoms with E-state index < -0.39 is 16.9 Å². The van der Waals surface area contributed by atoms with Crippen LogP contribution in [-0.2, 0) is 22.4 Å². The molecule has 75 heavy (non-hydrogen) atoms. The first-order valence-electron chi connectivity index (χ1n) is 24.7. The Morgan fingerprint density at radius 3 is 1.45 bits per heavy atom. The van der Waals surface area contributed by atoms with Gasteiger partial charge in [0, 0.05) is 109 Å². The van der Waals surface area contributed by atoms with E-state index in [0.717, 1.165) is 89.4 Å². The molecule has 2 N–H and O–H groups in total. The van der Waals surface area contributed by atoms with E-state index >= 15 is 8.78 Å². The van der Waals surface area contributed by atoms with E-state index in [9.17, 15) is 9.59 Å². The summed E-state index contributed by atoms with van der Waals surface area (Å²) in [7, 11) is 7.98. The number of carbonyl (C=O) groups is 2. The molecule has 0 saturated carbocycles. The van der Waals surface area contributed by atoms with Crippen LogP contribution >= 0.6 is 34.8 Å². The minimum atomic E-state index is -0.509.